The number of carboxylic acids is 1. The summed E-state index contributed by atoms with van der Waals surface area (Å²) in [6, 6.07) is 3.48. The van der Waals surface area contributed by atoms with E-state index in [1.165, 1.54) is 12.3 Å². The van der Waals surface area contributed by atoms with Gasteiger partial charge in [0, 0.05) is 12.6 Å². The van der Waals surface area contributed by atoms with Crippen LogP contribution in [0.4, 0.5) is 0 Å². The first-order chi connectivity index (χ1) is 10.0. The Bertz CT molecular complexity index is 510. The van der Waals surface area contributed by atoms with Crippen molar-refractivity contribution in [2.75, 3.05) is 6.54 Å². The van der Waals surface area contributed by atoms with Gasteiger partial charge >= 0.3 is 5.97 Å². The minimum absolute atomic E-state index is 0.177. The highest BCUT2D eigenvalue weighted by Gasteiger charge is 2.41. The minimum Gasteiger partial charge on any atom is -0.481 e. The molecular weight excluding hydrogens is 270 g/mol. The molecule has 0 saturated heterocycles. The summed E-state index contributed by atoms with van der Waals surface area (Å²) in [5, 5.41) is 12.2. The van der Waals surface area contributed by atoms with Gasteiger partial charge in [-0.15, -0.1) is 0 Å². The van der Waals surface area contributed by atoms with Crippen molar-refractivity contribution >= 4 is 18.0 Å². The van der Waals surface area contributed by atoms with Crippen LogP contribution in [0.5, 0.6) is 0 Å². The third-order valence-electron chi connectivity index (χ3n) is 4.23. The van der Waals surface area contributed by atoms with E-state index >= 15 is 0 Å². The second-order valence-corrected chi connectivity index (χ2v) is 5.83. The van der Waals surface area contributed by atoms with Gasteiger partial charge in [0.15, 0.2) is 0 Å². The number of hydrogen-bond donors (Lipinski definition) is 2. The lowest BCUT2D eigenvalue weighted by Gasteiger charge is -2.35. The van der Waals surface area contributed by atoms with Crippen LogP contribution in [-0.4, -0.2) is 23.5 Å². The van der Waals surface area contributed by atoms with Crippen LogP contribution in [0.2, 0.25) is 0 Å². The van der Waals surface area contributed by atoms with Gasteiger partial charge < -0.3 is 14.8 Å². The molecule has 1 aromatic rings. The molecule has 0 atom stereocenters. The second kappa shape index (κ2) is 6.61. The zero-order valence-electron chi connectivity index (χ0n) is 12.2. The van der Waals surface area contributed by atoms with E-state index in [4.69, 9.17) is 4.42 Å². The summed E-state index contributed by atoms with van der Waals surface area (Å²) in [5.41, 5.74) is -0.819. The zero-order valence-corrected chi connectivity index (χ0v) is 12.2. The van der Waals surface area contributed by atoms with Crippen molar-refractivity contribution in [2.24, 2.45) is 11.3 Å². The van der Waals surface area contributed by atoms with Crippen LogP contribution < -0.4 is 5.32 Å². The molecule has 1 fully saturated rings. The quantitative estimate of drug-likeness (QED) is 0.817. The van der Waals surface area contributed by atoms with Crippen molar-refractivity contribution in [1.82, 2.24) is 5.32 Å². The van der Waals surface area contributed by atoms with E-state index in [-0.39, 0.29) is 12.5 Å². The van der Waals surface area contributed by atoms with Crippen LogP contribution in [0.3, 0.4) is 0 Å². The summed E-state index contributed by atoms with van der Waals surface area (Å²) in [5.74, 6) is 0.0342. The molecule has 1 aromatic heterocycles. The number of nitrogens with one attached hydrogen (secondary N) is 1. The van der Waals surface area contributed by atoms with Gasteiger partial charge in [-0.2, -0.15) is 0 Å². The normalized spacial score (nSPS) is 25.9. The van der Waals surface area contributed by atoms with Crippen molar-refractivity contribution in [1.29, 1.82) is 0 Å². The molecule has 0 aromatic carbocycles. The highest BCUT2D eigenvalue weighted by molar-refractivity contribution is 5.91. The maximum absolute atomic E-state index is 11.8. The molecular formula is C16H21NO4. The Morgan fingerprint density at radius 2 is 2.19 bits per heavy atom. The van der Waals surface area contributed by atoms with Crippen molar-refractivity contribution in [2.45, 2.75) is 32.6 Å². The Hall–Kier alpha value is -2.04. The number of rotatable bonds is 5. The highest BCUT2D eigenvalue weighted by atomic mass is 16.4. The topological polar surface area (TPSA) is 79.5 Å². The van der Waals surface area contributed by atoms with Gasteiger partial charge in [0.1, 0.15) is 5.76 Å². The van der Waals surface area contributed by atoms with Gasteiger partial charge in [-0.1, -0.05) is 6.92 Å². The molecule has 0 bridgehead atoms. The van der Waals surface area contributed by atoms with E-state index < -0.39 is 11.4 Å². The lowest BCUT2D eigenvalue weighted by Crippen LogP contribution is -2.44. The molecule has 1 aliphatic carbocycles. The fourth-order valence-corrected chi connectivity index (χ4v) is 2.64. The Morgan fingerprint density at radius 1 is 1.48 bits per heavy atom. The van der Waals surface area contributed by atoms with Crippen LogP contribution in [0.15, 0.2) is 28.9 Å². The van der Waals surface area contributed by atoms with E-state index in [1.807, 2.05) is 0 Å². The number of amides is 1. The van der Waals surface area contributed by atoms with Gasteiger partial charge in [-0.25, -0.2) is 0 Å². The SMILES string of the molecule is CC1CCC(CNC(=O)/C=C/c2ccco2)(C(=O)O)CC1. The largest absolute Gasteiger partial charge is 0.481 e. The summed E-state index contributed by atoms with van der Waals surface area (Å²) < 4.78 is 5.09. The predicted molar refractivity (Wildman–Crippen MR) is 78.5 cm³/mol. The predicted octanol–water partition coefficient (Wildman–Crippen LogP) is 2.69. The van der Waals surface area contributed by atoms with Gasteiger partial charge in [0.25, 0.3) is 0 Å². The fourth-order valence-electron chi connectivity index (χ4n) is 2.64. The number of furan rings is 1. The maximum atomic E-state index is 11.8. The molecule has 0 spiro atoms. The summed E-state index contributed by atoms with van der Waals surface area (Å²) in [6.07, 6.45) is 7.47. The van der Waals surface area contributed by atoms with Crippen LogP contribution in [0, 0.1) is 11.3 Å². The third-order valence-corrected chi connectivity index (χ3v) is 4.23. The van der Waals surface area contributed by atoms with Crippen molar-refractivity contribution in [3.8, 4) is 0 Å². The first-order valence-corrected chi connectivity index (χ1v) is 7.25. The molecule has 5 nitrogen and oxygen atoms in total. The Balaban J connectivity index is 1.90. The highest BCUT2D eigenvalue weighted by Crippen LogP contribution is 2.38. The van der Waals surface area contributed by atoms with Gasteiger partial charge in [-0.05, 0) is 49.8 Å². The number of carbonyl (C=O) groups excluding carboxylic acids is 1. The average molecular weight is 291 g/mol. The molecule has 1 aliphatic rings. The van der Waals surface area contributed by atoms with E-state index in [9.17, 15) is 14.7 Å². The molecule has 21 heavy (non-hydrogen) atoms. The maximum Gasteiger partial charge on any atom is 0.311 e. The molecule has 1 heterocycles. The lowest BCUT2D eigenvalue weighted by molar-refractivity contribution is -0.151. The molecule has 1 saturated carbocycles. The van der Waals surface area contributed by atoms with Gasteiger partial charge in [0.05, 0.1) is 11.7 Å². The van der Waals surface area contributed by atoms with Crippen LogP contribution in [0.1, 0.15) is 38.4 Å². The Kier molecular flexibility index (Phi) is 4.83. The van der Waals surface area contributed by atoms with Crippen LogP contribution in [0.25, 0.3) is 6.08 Å². The lowest BCUT2D eigenvalue weighted by atomic mass is 9.71. The average Bonchev–Trinajstić information content (AvgIpc) is 2.98. The summed E-state index contributed by atoms with van der Waals surface area (Å²) in [6.45, 7) is 2.31. The van der Waals surface area contributed by atoms with E-state index in [1.54, 1.807) is 18.2 Å². The molecule has 0 unspecified atom stereocenters. The monoisotopic (exact) mass is 291 g/mol. The second-order valence-electron chi connectivity index (χ2n) is 5.83. The molecule has 2 N–H and O–H groups in total. The van der Waals surface area contributed by atoms with Crippen molar-refractivity contribution in [3.05, 3.63) is 30.2 Å². The molecule has 0 radical (unpaired) electrons. The van der Waals surface area contributed by atoms with E-state index in [2.05, 4.69) is 12.2 Å². The van der Waals surface area contributed by atoms with Gasteiger partial charge in [0.2, 0.25) is 5.91 Å². The van der Waals surface area contributed by atoms with Crippen molar-refractivity contribution in [3.63, 3.8) is 0 Å². The zero-order chi connectivity index (χ0) is 15.3. The summed E-state index contributed by atoms with van der Waals surface area (Å²) >= 11 is 0. The first-order valence-electron chi connectivity index (χ1n) is 7.25. The molecule has 5 heteroatoms. The van der Waals surface area contributed by atoms with Gasteiger partial charge in [-0.3, -0.25) is 9.59 Å². The molecule has 114 valence electrons. The fraction of sp³-hybridized carbons (Fsp3) is 0.500. The summed E-state index contributed by atoms with van der Waals surface area (Å²) in [7, 11) is 0. The smallest absolute Gasteiger partial charge is 0.311 e. The standard InChI is InChI=1S/C16H21NO4/c1-12-6-8-16(9-7-12,15(19)20)11-17-14(18)5-4-13-3-2-10-21-13/h2-5,10,12H,6-9,11H2,1H3,(H,17,18)(H,19,20)/b5-4+. The third kappa shape index (κ3) is 3.97. The number of aliphatic carboxylic acids is 1. The minimum atomic E-state index is -0.819. The number of carbonyl (C=O) groups is 2. The number of hydrogen-bond acceptors (Lipinski definition) is 3. The van der Waals surface area contributed by atoms with E-state index in [0.29, 0.717) is 24.5 Å². The van der Waals surface area contributed by atoms with Crippen LogP contribution >= 0.6 is 0 Å². The molecule has 0 aliphatic heterocycles. The van der Waals surface area contributed by atoms with Crippen molar-refractivity contribution < 1.29 is 19.1 Å². The van der Waals surface area contributed by atoms with Crippen LogP contribution in [-0.2, 0) is 9.59 Å². The molecule has 1 amide bonds. The molecule has 2 rings (SSSR count). The number of carboxylic acid groups (broad SMARTS) is 1. The summed E-state index contributed by atoms with van der Waals surface area (Å²) in [4.78, 5) is 23.3. The van der Waals surface area contributed by atoms with E-state index in [0.717, 1.165) is 12.8 Å². The Morgan fingerprint density at radius 3 is 2.76 bits per heavy atom. The first kappa shape index (κ1) is 15.4. The Labute approximate surface area is 124 Å².